The van der Waals surface area contributed by atoms with Crippen molar-refractivity contribution in [3.63, 3.8) is 0 Å². The lowest BCUT2D eigenvalue weighted by Crippen LogP contribution is -2.16. The number of rotatable bonds is 4. The second kappa shape index (κ2) is 5.67. The maximum Gasteiger partial charge on any atom is 0.225 e. The number of hydrogen-bond donors (Lipinski definition) is 2. The zero-order chi connectivity index (χ0) is 10.4. The van der Waals surface area contributed by atoms with Crippen LogP contribution >= 0.6 is 11.8 Å². The number of carbonyl (C=O) groups excluding carboxylic acids is 1. The van der Waals surface area contributed by atoms with Gasteiger partial charge in [-0.15, -0.1) is 11.8 Å². The van der Waals surface area contributed by atoms with E-state index in [0.717, 1.165) is 10.6 Å². The zero-order valence-electron chi connectivity index (χ0n) is 8.12. The van der Waals surface area contributed by atoms with Gasteiger partial charge in [0.25, 0.3) is 0 Å². The largest absolute Gasteiger partial charge is 0.330 e. The summed E-state index contributed by atoms with van der Waals surface area (Å²) in [6.45, 7) is 0.382. The summed E-state index contributed by atoms with van der Waals surface area (Å²) in [7, 11) is 0. The highest BCUT2D eigenvalue weighted by Crippen LogP contribution is 2.24. The fraction of sp³-hybridized carbons (Fsp3) is 0.300. The Morgan fingerprint density at radius 2 is 2.21 bits per heavy atom. The third-order valence-corrected chi connectivity index (χ3v) is 2.55. The first-order valence-electron chi connectivity index (χ1n) is 4.41. The molecule has 0 atom stereocenters. The smallest absolute Gasteiger partial charge is 0.225 e. The molecule has 1 aromatic rings. The first-order chi connectivity index (χ1) is 6.77. The average Bonchev–Trinajstić information content (AvgIpc) is 2.19. The van der Waals surface area contributed by atoms with E-state index in [2.05, 4.69) is 5.32 Å². The second-order valence-electron chi connectivity index (χ2n) is 2.79. The predicted molar refractivity (Wildman–Crippen MR) is 60.5 cm³/mol. The Morgan fingerprint density at radius 3 is 2.86 bits per heavy atom. The van der Waals surface area contributed by atoms with Gasteiger partial charge in [0, 0.05) is 17.9 Å². The number of nitrogens with one attached hydrogen (secondary N) is 1. The summed E-state index contributed by atoms with van der Waals surface area (Å²) in [6.07, 6.45) is 2.34. The number of hydrogen-bond acceptors (Lipinski definition) is 3. The van der Waals surface area contributed by atoms with E-state index < -0.39 is 0 Å². The number of amides is 1. The van der Waals surface area contributed by atoms with E-state index in [9.17, 15) is 4.79 Å². The fourth-order valence-corrected chi connectivity index (χ4v) is 1.65. The Labute approximate surface area is 88.1 Å². The van der Waals surface area contributed by atoms with E-state index in [1.807, 2.05) is 30.5 Å². The molecule has 0 saturated carbocycles. The van der Waals surface area contributed by atoms with Crippen molar-refractivity contribution in [2.75, 3.05) is 18.1 Å². The van der Waals surface area contributed by atoms with Gasteiger partial charge < -0.3 is 11.1 Å². The molecule has 1 aromatic carbocycles. The number of benzene rings is 1. The third kappa shape index (κ3) is 3.05. The quantitative estimate of drug-likeness (QED) is 0.744. The van der Waals surface area contributed by atoms with Crippen LogP contribution in [-0.2, 0) is 4.79 Å². The van der Waals surface area contributed by atoms with Crippen molar-refractivity contribution < 1.29 is 4.79 Å². The molecule has 0 aromatic heterocycles. The number of para-hydroxylation sites is 1. The van der Waals surface area contributed by atoms with E-state index in [1.165, 1.54) is 0 Å². The molecule has 0 aliphatic rings. The van der Waals surface area contributed by atoms with E-state index in [4.69, 9.17) is 5.73 Å². The highest BCUT2D eigenvalue weighted by Gasteiger charge is 2.04. The van der Waals surface area contributed by atoms with E-state index in [-0.39, 0.29) is 5.91 Å². The minimum atomic E-state index is -0.0333. The fourth-order valence-electron chi connectivity index (χ4n) is 1.09. The van der Waals surface area contributed by atoms with Crippen molar-refractivity contribution in [3.8, 4) is 0 Å². The zero-order valence-corrected chi connectivity index (χ0v) is 8.93. The molecule has 1 amide bonds. The number of nitrogens with two attached hydrogens (primary N) is 1. The number of thioether (sulfide) groups is 1. The standard InChI is InChI=1S/C10H14N2OS/c1-14-9-5-3-2-4-8(9)12-10(13)6-7-11/h2-5H,6-7,11H2,1H3,(H,12,13). The molecule has 3 nitrogen and oxygen atoms in total. The minimum absolute atomic E-state index is 0.0333. The summed E-state index contributed by atoms with van der Waals surface area (Å²) in [5, 5.41) is 2.82. The number of anilines is 1. The molecule has 0 aliphatic carbocycles. The van der Waals surface area contributed by atoms with Crippen LogP contribution in [0.1, 0.15) is 6.42 Å². The minimum Gasteiger partial charge on any atom is -0.330 e. The summed E-state index contributed by atoms with van der Waals surface area (Å²) in [6, 6.07) is 7.71. The molecule has 0 spiro atoms. The molecule has 0 heterocycles. The van der Waals surface area contributed by atoms with Crippen molar-refractivity contribution in [2.24, 2.45) is 5.73 Å². The first kappa shape index (κ1) is 11.1. The lowest BCUT2D eigenvalue weighted by molar-refractivity contribution is -0.116. The molecule has 0 bridgehead atoms. The normalized spacial score (nSPS) is 9.86. The highest BCUT2D eigenvalue weighted by atomic mass is 32.2. The Hall–Kier alpha value is -1.00. The maximum atomic E-state index is 11.3. The van der Waals surface area contributed by atoms with Gasteiger partial charge in [-0.1, -0.05) is 12.1 Å². The third-order valence-electron chi connectivity index (χ3n) is 1.75. The van der Waals surface area contributed by atoms with Crippen LogP contribution in [0, 0.1) is 0 Å². The van der Waals surface area contributed by atoms with Crippen molar-refractivity contribution in [1.82, 2.24) is 0 Å². The summed E-state index contributed by atoms with van der Waals surface area (Å²) < 4.78 is 0. The molecule has 0 radical (unpaired) electrons. The highest BCUT2D eigenvalue weighted by molar-refractivity contribution is 7.98. The Balaban J connectivity index is 2.70. The maximum absolute atomic E-state index is 11.3. The summed E-state index contributed by atoms with van der Waals surface area (Å²) >= 11 is 1.61. The van der Waals surface area contributed by atoms with Gasteiger partial charge in [-0.25, -0.2) is 0 Å². The molecular weight excluding hydrogens is 196 g/mol. The topological polar surface area (TPSA) is 55.1 Å². The predicted octanol–water partition coefficient (Wildman–Crippen LogP) is 1.70. The van der Waals surface area contributed by atoms with Crippen LogP contribution in [-0.4, -0.2) is 18.7 Å². The van der Waals surface area contributed by atoms with Gasteiger partial charge in [0.1, 0.15) is 0 Å². The van der Waals surface area contributed by atoms with Crippen LogP contribution in [0.2, 0.25) is 0 Å². The van der Waals surface area contributed by atoms with Crippen LogP contribution < -0.4 is 11.1 Å². The van der Waals surface area contributed by atoms with Crippen molar-refractivity contribution >= 4 is 23.4 Å². The van der Waals surface area contributed by atoms with Crippen molar-refractivity contribution in [2.45, 2.75) is 11.3 Å². The van der Waals surface area contributed by atoms with E-state index in [0.29, 0.717) is 13.0 Å². The van der Waals surface area contributed by atoms with Gasteiger partial charge in [0.15, 0.2) is 0 Å². The van der Waals surface area contributed by atoms with Crippen LogP contribution in [0.5, 0.6) is 0 Å². The van der Waals surface area contributed by atoms with Gasteiger partial charge in [0.2, 0.25) is 5.91 Å². The monoisotopic (exact) mass is 210 g/mol. The molecule has 3 N–H and O–H groups in total. The molecule has 0 fully saturated rings. The Kier molecular flexibility index (Phi) is 4.49. The lowest BCUT2D eigenvalue weighted by Gasteiger charge is -2.08. The molecule has 14 heavy (non-hydrogen) atoms. The first-order valence-corrected chi connectivity index (χ1v) is 5.63. The van der Waals surface area contributed by atoms with Crippen molar-refractivity contribution in [1.29, 1.82) is 0 Å². The van der Waals surface area contributed by atoms with E-state index >= 15 is 0 Å². The molecule has 0 aliphatic heterocycles. The number of carbonyl (C=O) groups is 1. The van der Waals surface area contributed by atoms with Crippen LogP contribution in [0.25, 0.3) is 0 Å². The molecule has 76 valence electrons. The summed E-state index contributed by atoms with van der Waals surface area (Å²) in [4.78, 5) is 12.3. The van der Waals surface area contributed by atoms with Crippen LogP contribution in [0.4, 0.5) is 5.69 Å². The van der Waals surface area contributed by atoms with Crippen molar-refractivity contribution in [3.05, 3.63) is 24.3 Å². The van der Waals surface area contributed by atoms with Gasteiger partial charge in [-0.05, 0) is 18.4 Å². The van der Waals surface area contributed by atoms with Gasteiger partial charge in [-0.3, -0.25) is 4.79 Å². The van der Waals surface area contributed by atoms with E-state index in [1.54, 1.807) is 11.8 Å². The molecule has 1 rings (SSSR count). The Bertz CT molecular complexity index is 315. The summed E-state index contributed by atoms with van der Waals surface area (Å²) in [5.41, 5.74) is 6.15. The van der Waals surface area contributed by atoms with Gasteiger partial charge >= 0.3 is 0 Å². The molecule has 0 unspecified atom stereocenters. The lowest BCUT2D eigenvalue weighted by atomic mass is 10.3. The Morgan fingerprint density at radius 1 is 1.50 bits per heavy atom. The van der Waals surface area contributed by atoms with Gasteiger partial charge in [0.05, 0.1) is 5.69 Å². The van der Waals surface area contributed by atoms with Gasteiger partial charge in [-0.2, -0.15) is 0 Å². The van der Waals surface area contributed by atoms with Crippen LogP contribution in [0.3, 0.4) is 0 Å². The van der Waals surface area contributed by atoms with Crippen LogP contribution in [0.15, 0.2) is 29.2 Å². The molecule has 0 saturated heterocycles. The molecular formula is C10H14N2OS. The second-order valence-corrected chi connectivity index (χ2v) is 3.64. The summed E-state index contributed by atoms with van der Waals surface area (Å²) in [5.74, 6) is -0.0333. The average molecular weight is 210 g/mol. The SMILES string of the molecule is CSc1ccccc1NC(=O)CCN. The molecule has 4 heteroatoms.